The molecule has 5 aliphatic rings. The first kappa shape index (κ1) is 32.3. The molecule has 4 heterocycles. The Bertz CT molecular complexity index is 2040. The van der Waals surface area contributed by atoms with Gasteiger partial charge < -0.3 is 19.9 Å². The van der Waals surface area contributed by atoms with Crippen molar-refractivity contribution >= 4 is 29.1 Å². The predicted molar refractivity (Wildman–Crippen MR) is 195 cm³/mol. The number of hydrogen-bond acceptors (Lipinski definition) is 7. The third-order valence-corrected chi connectivity index (χ3v) is 12.5. The van der Waals surface area contributed by atoms with Crippen LogP contribution in [-0.2, 0) is 17.6 Å². The van der Waals surface area contributed by atoms with E-state index >= 15 is 0 Å². The number of aryl methyl sites for hydroxylation is 2. The first-order valence-corrected chi connectivity index (χ1v) is 18.3. The zero-order valence-electron chi connectivity index (χ0n) is 28.3. The summed E-state index contributed by atoms with van der Waals surface area (Å²) in [4.78, 5) is 21.8. The average Bonchev–Trinajstić information content (AvgIpc) is 3.82. The number of nitrogens with zero attached hydrogens (tertiary/aromatic N) is 3. The lowest BCUT2D eigenvalue weighted by molar-refractivity contribution is -0.121. The molecule has 8 nitrogen and oxygen atoms in total. The number of benzene rings is 3. The van der Waals surface area contributed by atoms with Crippen LogP contribution in [0.15, 0.2) is 54.6 Å². The largest absolute Gasteiger partial charge is 0.496 e. The van der Waals surface area contributed by atoms with Crippen LogP contribution in [0.3, 0.4) is 0 Å². The molecule has 2 aliphatic carbocycles. The van der Waals surface area contributed by atoms with Crippen molar-refractivity contribution in [3.63, 3.8) is 0 Å². The number of aliphatic hydroxyl groups is 1. The standard InChI is InChI=1S/C40H40Cl2N4O4/c1-49-33-15-24(13-22-9-11-31(35(22)33)45-17-25(47)18-45)26-5-3-6-27(37(26)41)28-7-4-8-29(38(28)42)30-14-23-10-12-32(36(23)39(44-30)50-2)46-20-40(21-46)16-34(48)43-19-40/h3-8,13-15,25,31-32,47H,9-12,16-21H2,1-2H3,(H,43,48)/t31-,32-/m1/s1. The van der Waals surface area contributed by atoms with E-state index in [1.54, 1.807) is 14.2 Å². The molecule has 0 radical (unpaired) electrons. The van der Waals surface area contributed by atoms with Crippen LogP contribution in [0.1, 0.15) is 53.6 Å². The van der Waals surface area contributed by atoms with Crippen LogP contribution in [0.2, 0.25) is 10.0 Å². The van der Waals surface area contributed by atoms with Gasteiger partial charge in [-0.15, -0.1) is 0 Å². The summed E-state index contributed by atoms with van der Waals surface area (Å²) in [5.74, 6) is 1.66. The lowest BCUT2D eigenvalue weighted by Crippen LogP contribution is -2.58. The number of carbonyl (C=O) groups is 1. The number of β-amino-alcohol motifs (C(OH)–C–C–N with tert-alkyl or cyclic N) is 1. The minimum absolute atomic E-state index is 0.0712. The minimum atomic E-state index is -0.239. The number of halogens is 2. The van der Waals surface area contributed by atoms with Gasteiger partial charge in [0.1, 0.15) is 5.75 Å². The van der Waals surface area contributed by atoms with Crippen LogP contribution in [0.5, 0.6) is 11.6 Å². The lowest BCUT2D eigenvalue weighted by Gasteiger charge is -2.50. The number of aliphatic hydroxyl groups excluding tert-OH is 1. The topological polar surface area (TPSA) is 87.2 Å². The van der Waals surface area contributed by atoms with E-state index in [1.165, 1.54) is 16.7 Å². The molecule has 10 heteroatoms. The summed E-state index contributed by atoms with van der Waals surface area (Å²) in [5.41, 5.74) is 10.2. The first-order valence-electron chi connectivity index (χ1n) is 17.6. The van der Waals surface area contributed by atoms with Gasteiger partial charge >= 0.3 is 0 Å². The highest BCUT2D eigenvalue weighted by Crippen LogP contribution is 2.51. The number of nitrogens with one attached hydrogen (secondary N) is 1. The van der Waals surface area contributed by atoms with Crippen LogP contribution < -0.4 is 14.8 Å². The number of rotatable bonds is 7. The number of ether oxygens (including phenoxy) is 2. The molecule has 9 rings (SSSR count). The molecule has 4 aromatic rings. The molecule has 2 atom stereocenters. The summed E-state index contributed by atoms with van der Waals surface area (Å²) < 4.78 is 11.9. The normalized spacial score (nSPS) is 22.6. The van der Waals surface area contributed by atoms with E-state index < -0.39 is 0 Å². The fourth-order valence-electron chi connectivity index (χ4n) is 9.29. The van der Waals surface area contributed by atoms with Crippen LogP contribution >= 0.6 is 23.2 Å². The Morgan fingerprint density at radius 2 is 1.48 bits per heavy atom. The number of likely N-dealkylation sites (tertiary alicyclic amines) is 2. The summed E-state index contributed by atoms with van der Waals surface area (Å²) in [5, 5.41) is 14.1. The summed E-state index contributed by atoms with van der Waals surface area (Å²) in [6, 6.07) is 19.1. The lowest BCUT2D eigenvalue weighted by atomic mass is 9.77. The van der Waals surface area contributed by atoms with Crippen molar-refractivity contribution in [1.82, 2.24) is 20.1 Å². The smallest absolute Gasteiger partial charge is 0.220 e. The van der Waals surface area contributed by atoms with Gasteiger partial charge in [-0.3, -0.25) is 14.6 Å². The summed E-state index contributed by atoms with van der Waals surface area (Å²) in [7, 11) is 3.41. The van der Waals surface area contributed by atoms with Crippen LogP contribution in [-0.4, -0.2) is 78.8 Å². The van der Waals surface area contributed by atoms with Gasteiger partial charge in [0, 0.05) is 90.0 Å². The van der Waals surface area contributed by atoms with Gasteiger partial charge in [0.15, 0.2) is 0 Å². The molecule has 1 amide bonds. The molecule has 3 aromatic carbocycles. The predicted octanol–water partition coefficient (Wildman–Crippen LogP) is 6.88. The molecule has 0 bridgehead atoms. The highest BCUT2D eigenvalue weighted by molar-refractivity contribution is 6.39. The quantitative estimate of drug-likeness (QED) is 0.216. The second kappa shape index (κ2) is 12.2. The Kier molecular flexibility index (Phi) is 7.90. The zero-order valence-corrected chi connectivity index (χ0v) is 29.8. The molecule has 258 valence electrons. The van der Waals surface area contributed by atoms with E-state index in [0.717, 1.165) is 90.1 Å². The summed E-state index contributed by atoms with van der Waals surface area (Å²) >= 11 is 14.5. The Labute approximate surface area is 302 Å². The number of pyridine rings is 1. The van der Waals surface area contributed by atoms with Crippen LogP contribution in [0.4, 0.5) is 0 Å². The van der Waals surface area contributed by atoms with Gasteiger partial charge in [0.25, 0.3) is 0 Å². The number of fused-ring (bicyclic) bond motifs is 2. The van der Waals surface area contributed by atoms with Gasteiger partial charge in [-0.1, -0.05) is 65.7 Å². The van der Waals surface area contributed by atoms with Gasteiger partial charge in [-0.2, -0.15) is 0 Å². The molecule has 1 spiro atoms. The van der Waals surface area contributed by atoms with E-state index in [4.69, 9.17) is 37.7 Å². The van der Waals surface area contributed by atoms with Crippen molar-refractivity contribution < 1.29 is 19.4 Å². The van der Waals surface area contributed by atoms with Crippen LogP contribution in [0.25, 0.3) is 33.5 Å². The van der Waals surface area contributed by atoms with E-state index in [-0.39, 0.29) is 29.5 Å². The monoisotopic (exact) mass is 710 g/mol. The molecule has 3 saturated heterocycles. The van der Waals surface area contributed by atoms with E-state index in [9.17, 15) is 9.90 Å². The summed E-state index contributed by atoms with van der Waals surface area (Å²) in [6.07, 6.45) is 4.28. The van der Waals surface area contributed by atoms with Gasteiger partial charge in [0.2, 0.25) is 11.8 Å². The molecule has 50 heavy (non-hydrogen) atoms. The molecule has 3 aliphatic heterocycles. The number of hydrogen-bond donors (Lipinski definition) is 2. The average molecular weight is 712 g/mol. The maximum Gasteiger partial charge on any atom is 0.220 e. The number of methoxy groups -OCH3 is 2. The van der Waals surface area contributed by atoms with Crippen molar-refractivity contribution in [3.05, 3.63) is 86.9 Å². The number of aromatic nitrogens is 1. The van der Waals surface area contributed by atoms with Crippen molar-refractivity contribution in [1.29, 1.82) is 0 Å². The maximum atomic E-state index is 11.9. The van der Waals surface area contributed by atoms with E-state index in [0.29, 0.717) is 35.4 Å². The highest BCUT2D eigenvalue weighted by Gasteiger charge is 2.51. The Balaban J connectivity index is 1.03. The second-order valence-corrected chi connectivity index (χ2v) is 15.5. The van der Waals surface area contributed by atoms with Gasteiger partial charge in [0.05, 0.1) is 36.1 Å². The molecule has 0 unspecified atom stereocenters. The maximum absolute atomic E-state index is 11.9. The van der Waals surface area contributed by atoms with Crippen molar-refractivity contribution in [2.24, 2.45) is 5.41 Å². The summed E-state index contributed by atoms with van der Waals surface area (Å²) in [6.45, 7) is 4.01. The molecule has 3 fully saturated rings. The van der Waals surface area contributed by atoms with E-state index in [2.05, 4.69) is 33.3 Å². The van der Waals surface area contributed by atoms with Crippen LogP contribution in [0, 0.1) is 5.41 Å². The molecule has 0 saturated carbocycles. The Hall–Kier alpha value is -3.66. The molecule has 2 N–H and O–H groups in total. The third-order valence-electron chi connectivity index (χ3n) is 11.7. The molecular weight excluding hydrogens is 671 g/mol. The van der Waals surface area contributed by atoms with E-state index in [1.807, 2.05) is 36.4 Å². The fraction of sp³-hybridized carbons (Fsp3) is 0.400. The second-order valence-electron chi connectivity index (χ2n) is 14.8. The van der Waals surface area contributed by atoms with Gasteiger partial charge in [-0.25, -0.2) is 4.98 Å². The Morgan fingerprint density at radius 1 is 0.840 bits per heavy atom. The zero-order chi connectivity index (χ0) is 34.3. The number of amides is 1. The minimum Gasteiger partial charge on any atom is -0.496 e. The Morgan fingerprint density at radius 3 is 2.12 bits per heavy atom. The van der Waals surface area contributed by atoms with Crippen molar-refractivity contribution in [2.75, 3.05) is 46.9 Å². The molecular formula is C40H40Cl2N4O4. The van der Waals surface area contributed by atoms with Gasteiger partial charge in [-0.05, 0) is 54.5 Å². The van der Waals surface area contributed by atoms with Crippen molar-refractivity contribution in [2.45, 2.75) is 50.3 Å². The third kappa shape index (κ3) is 5.14. The number of carbonyl (C=O) groups excluding carboxylic acids is 1. The van der Waals surface area contributed by atoms with Crippen molar-refractivity contribution in [3.8, 4) is 45.1 Å². The highest BCUT2D eigenvalue weighted by atomic mass is 35.5. The SMILES string of the molecule is COc1cc(-c2cccc(-c3cccc(-c4cc5c(c(OC)n4)[C@H](N4CC6(CNC(=O)C6)C4)CC5)c3Cl)c2Cl)cc2c1[C@H](N1CC(O)C1)CC2. The molecule has 1 aromatic heterocycles. The fourth-order valence-corrected chi connectivity index (χ4v) is 9.95. The first-order chi connectivity index (χ1) is 24.3.